The summed E-state index contributed by atoms with van der Waals surface area (Å²) in [7, 11) is 1.89. The number of hydrogen-bond donors (Lipinski definition) is 2. The summed E-state index contributed by atoms with van der Waals surface area (Å²) >= 11 is 1.70. The highest BCUT2D eigenvalue weighted by Gasteiger charge is 2.14. The number of nitrogens with two attached hydrogens (primary N) is 2. The molecule has 5 aromatic heterocycles. The topological polar surface area (TPSA) is 117 Å². The summed E-state index contributed by atoms with van der Waals surface area (Å²) in [5.41, 5.74) is 17.9. The molecule has 4 N–H and O–H groups in total. The van der Waals surface area contributed by atoms with Gasteiger partial charge in [0, 0.05) is 30.4 Å². The van der Waals surface area contributed by atoms with Crippen LogP contribution < -0.4 is 11.5 Å². The summed E-state index contributed by atoms with van der Waals surface area (Å²) in [5.74, 6) is 6.05. The van der Waals surface area contributed by atoms with Crippen molar-refractivity contribution in [3.05, 3.63) is 101 Å². The number of fused-ring (bicyclic) bond motifs is 2. The smallest absolute Gasteiger partial charge is 0.254 e. The second kappa shape index (κ2) is 10.6. The Labute approximate surface area is 223 Å². The van der Waals surface area contributed by atoms with E-state index in [0.717, 1.165) is 34.3 Å². The molecule has 8 nitrogen and oxygen atoms in total. The predicted molar refractivity (Wildman–Crippen MR) is 152 cm³/mol. The number of anilines is 1. The molecule has 9 heteroatoms. The molecule has 0 radical (unpaired) electrons. The number of amides is 1. The van der Waals surface area contributed by atoms with Crippen LogP contribution in [0.25, 0.3) is 27.0 Å². The minimum absolute atomic E-state index is 0.165. The zero-order valence-electron chi connectivity index (χ0n) is 20.9. The fourth-order valence-corrected chi connectivity index (χ4v) is 4.99. The molecule has 0 aliphatic heterocycles. The van der Waals surface area contributed by atoms with E-state index >= 15 is 0 Å². The van der Waals surface area contributed by atoms with Crippen molar-refractivity contribution in [3.8, 4) is 23.1 Å². The van der Waals surface area contributed by atoms with E-state index < -0.39 is 5.91 Å². The lowest BCUT2D eigenvalue weighted by Crippen LogP contribution is -2.12. The van der Waals surface area contributed by atoms with Crippen molar-refractivity contribution >= 4 is 38.8 Å². The maximum atomic E-state index is 11.0. The van der Waals surface area contributed by atoms with Crippen LogP contribution >= 0.6 is 11.3 Å². The number of carbonyl (C=O) groups excluding carboxylic acids is 1. The van der Waals surface area contributed by atoms with Gasteiger partial charge in [-0.2, -0.15) is 5.10 Å². The third kappa shape index (κ3) is 4.98. The maximum absolute atomic E-state index is 11.0. The highest BCUT2D eigenvalue weighted by atomic mass is 32.1. The summed E-state index contributed by atoms with van der Waals surface area (Å²) in [5, 5.41) is 10.2. The standard InChI is InChI=1S/C21H17N3S.C8H8N4O/c1-3-16-11-19-21(23-20(16)17-7-5-4-6-8-17)18(14-25-19)10-9-15-12-22-24(2)13-15;9-7-6(8(10)13)5-3-1-2-4-12(5)11-7/h4-8,11-14H,3H2,1-2H3;1-4H,(H2,9,11)(H2,10,13). The Morgan fingerprint density at radius 1 is 1.11 bits per heavy atom. The third-order valence-electron chi connectivity index (χ3n) is 5.91. The number of carbonyl (C=O) groups is 1. The zero-order valence-corrected chi connectivity index (χ0v) is 21.7. The molecule has 0 unspecified atom stereocenters. The molecule has 6 rings (SSSR count). The van der Waals surface area contributed by atoms with Crippen molar-refractivity contribution in [2.45, 2.75) is 13.3 Å². The fraction of sp³-hybridized carbons (Fsp3) is 0.103. The van der Waals surface area contributed by atoms with Gasteiger partial charge in [0.15, 0.2) is 5.82 Å². The van der Waals surface area contributed by atoms with E-state index in [-0.39, 0.29) is 11.4 Å². The van der Waals surface area contributed by atoms with Crippen LogP contribution in [-0.2, 0) is 13.5 Å². The van der Waals surface area contributed by atoms with Crippen LogP contribution in [0.3, 0.4) is 0 Å². The Kier molecular flexibility index (Phi) is 6.89. The molecule has 0 saturated carbocycles. The first-order chi connectivity index (χ1) is 18.4. The number of nitrogens with zero attached hydrogens (tertiary/aromatic N) is 5. The first-order valence-corrected chi connectivity index (χ1v) is 12.8. The summed E-state index contributed by atoms with van der Waals surface area (Å²) in [4.78, 5) is 16.0. The van der Waals surface area contributed by atoms with Crippen molar-refractivity contribution in [1.29, 1.82) is 0 Å². The number of thiophene rings is 1. The van der Waals surface area contributed by atoms with Crippen LogP contribution in [0, 0.1) is 11.8 Å². The molecule has 38 heavy (non-hydrogen) atoms. The molecule has 0 saturated heterocycles. The first-order valence-electron chi connectivity index (χ1n) is 11.9. The molecule has 0 aliphatic rings. The lowest BCUT2D eigenvalue weighted by atomic mass is 10.0. The average Bonchev–Trinajstić information content (AvgIpc) is 3.62. The van der Waals surface area contributed by atoms with Gasteiger partial charge in [0.25, 0.3) is 5.91 Å². The van der Waals surface area contributed by atoms with Crippen molar-refractivity contribution in [2.75, 3.05) is 5.73 Å². The summed E-state index contributed by atoms with van der Waals surface area (Å²) in [6.45, 7) is 2.17. The molecular formula is C29H25N7OS. The molecule has 1 aromatic carbocycles. The van der Waals surface area contributed by atoms with E-state index in [2.05, 4.69) is 64.7 Å². The van der Waals surface area contributed by atoms with Crippen molar-refractivity contribution in [2.24, 2.45) is 12.8 Å². The molecule has 1 amide bonds. The predicted octanol–water partition coefficient (Wildman–Crippen LogP) is 4.67. The van der Waals surface area contributed by atoms with Crippen LogP contribution in [0.15, 0.2) is 78.6 Å². The van der Waals surface area contributed by atoms with Gasteiger partial charge in [0.2, 0.25) is 0 Å². The highest BCUT2D eigenvalue weighted by Crippen LogP contribution is 2.31. The molecule has 188 valence electrons. The van der Waals surface area contributed by atoms with Crippen LogP contribution in [0.1, 0.15) is 34.0 Å². The highest BCUT2D eigenvalue weighted by molar-refractivity contribution is 7.17. The average molecular weight is 520 g/mol. The number of benzene rings is 1. The molecule has 0 aliphatic carbocycles. The Balaban J connectivity index is 0.000000190. The fourth-order valence-electron chi connectivity index (χ4n) is 4.09. The number of primary amides is 1. The van der Waals surface area contributed by atoms with Gasteiger partial charge in [-0.05, 0) is 30.2 Å². The second-order valence-electron chi connectivity index (χ2n) is 8.52. The van der Waals surface area contributed by atoms with E-state index in [0.29, 0.717) is 5.52 Å². The molecule has 6 aromatic rings. The number of nitrogen functional groups attached to an aromatic ring is 1. The monoisotopic (exact) mass is 519 g/mol. The molecule has 0 fully saturated rings. The second-order valence-corrected chi connectivity index (χ2v) is 9.43. The lowest BCUT2D eigenvalue weighted by Gasteiger charge is -2.07. The van der Waals surface area contributed by atoms with Crippen LogP contribution in [0.2, 0.25) is 0 Å². The summed E-state index contributed by atoms with van der Waals surface area (Å²) in [6.07, 6.45) is 6.36. The van der Waals surface area contributed by atoms with E-state index in [1.807, 2.05) is 19.3 Å². The van der Waals surface area contributed by atoms with Crippen molar-refractivity contribution in [1.82, 2.24) is 24.4 Å². The van der Waals surface area contributed by atoms with Gasteiger partial charge in [-0.3, -0.25) is 9.48 Å². The lowest BCUT2D eigenvalue weighted by molar-refractivity contribution is 0.100. The van der Waals surface area contributed by atoms with Gasteiger partial charge in [-0.25, -0.2) is 9.50 Å². The van der Waals surface area contributed by atoms with Gasteiger partial charge in [-0.1, -0.05) is 55.2 Å². The van der Waals surface area contributed by atoms with E-state index in [1.54, 1.807) is 46.6 Å². The van der Waals surface area contributed by atoms with Crippen molar-refractivity contribution in [3.63, 3.8) is 0 Å². The van der Waals surface area contributed by atoms with Crippen LogP contribution in [-0.4, -0.2) is 30.3 Å². The number of aromatic nitrogens is 5. The summed E-state index contributed by atoms with van der Waals surface area (Å²) < 4.78 is 4.47. The number of pyridine rings is 2. The zero-order chi connectivity index (χ0) is 26.6. The largest absolute Gasteiger partial charge is 0.382 e. The quantitative estimate of drug-likeness (QED) is 0.330. The summed E-state index contributed by atoms with van der Waals surface area (Å²) in [6, 6.07) is 17.9. The molecule has 0 spiro atoms. The number of hydrogen-bond acceptors (Lipinski definition) is 6. The minimum Gasteiger partial charge on any atom is -0.382 e. The normalized spacial score (nSPS) is 10.6. The Morgan fingerprint density at radius 2 is 1.89 bits per heavy atom. The molecule has 0 atom stereocenters. The van der Waals surface area contributed by atoms with Crippen LogP contribution in [0.4, 0.5) is 5.82 Å². The van der Waals surface area contributed by atoms with Gasteiger partial charge in [0.05, 0.1) is 38.8 Å². The van der Waals surface area contributed by atoms with Gasteiger partial charge in [-0.15, -0.1) is 16.4 Å². The Morgan fingerprint density at radius 3 is 2.61 bits per heavy atom. The van der Waals surface area contributed by atoms with Crippen LogP contribution in [0.5, 0.6) is 0 Å². The minimum atomic E-state index is -0.557. The Bertz CT molecular complexity index is 1820. The van der Waals surface area contributed by atoms with Gasteiger partial charge in [0.1, 0.15) is 5.56 Å². The van der Waals surface area contributed by atoms with E-state index in [4.69, 9.17) is 16.5 Å². The van der Waals surface area contributed by atoms with Crippen molar-refractivity contribution < 1.29 is 4.79 Å². The Hall–Kier alpha value is -4.94. The van der Waals surface area contributed by atoms with Gasteiger partial charge < -0.3 is 11.5 Å². The SMILES string of the molecule is CCc1cc2scc(C#Cc3cnn(C)c3)c2nc1-c1ccccc1.NC(=O)c1c(N)nn2ccccc12. The molecular weight excluding hydrogens is 494 g/mol. The number of aryl methyl sites for hydroxylation is 2. The number of rotatable bonds is 3. The molecule has 5 heterocycles. The molecule has 0 bridgehead atoms. The van der Waals surface area contributed by atoms with Gasteiger partial charge >= 0.3 is 0 Å². The van der Waals surface area contributed by atoms with E-state index in [9.17, 15) is 4.79 Å². The first kappa shape index (κ1) is 24.7. The third-order valence-corrected chi connectivity index (χ3v) is 6.83. The maximum Gasteiger partial charge on any atom is 0.254 e. The van der Waals surface area contributed by atoms with E-state index in [1.165, 1.54) is 14.8 Å².